The molecule has 3 nitrogen and oxygen atoms in total. The molecule has 0 radical (unpaired) electrons. The van der Waals surface area contributed by atoms with Crippen LogP contribution in [0.2, 0.25) is 0 Å². The summed E-state index contributed by atoms with van der Waals surface area (Å²) in [5, 5.41) is -7.63. The number of rotatable bonds is 9. The van der Waals surface area contributed by atoms with Gasteiger partial charge in [-0.2, -0.15) is 57.1 Å². The van der Waals surface area contributed by atoms with Gasteiger partial charge in [0.15, 0.2) is 24.8 Å². The van der Waals surface area contributed by atoms with Gasteiger partial charge >= 0.3 is 35.1 Å². The van der Waals surface area contributed by atoms with Gasteiger partial charge < -0.3 is 4.55 Å². The van der Waals surface area contributed by atoms with Crippen LogP contribution in [0.3, 0.4) is 0 Å². The van der Waals surface area contributed by atoms with E-state index in [-0.39, 0.29) is 10.9 Å². The van der Waals surface area contributed by atoms with Gasteiger partial charge in [0, 0.05) is 0 Å². The third-order valence-corrected chi connectivity index (χ3v) is 10.5. The van der Waals surface area contributed by atoms with Crippen molar-refractivity contribution in [2.45, 2.75) is 87.8 Å². The fraction of sp³-hybridized carbons (Fsp3) is 0.400. The van der Waals surface area contributed by atoms with Gasteiger partial charge in [-0.25, -0.2) is 8.42 Å². The van der Waals surface area contributed by atoms with E-state index in [0.717, 1.165) is 5.92 Å². The van der Waals surface area contributed by atoms with E-state index in [0.29, 0.717) is 0 Å². The van der Waals surface area contributed by atoms with E-state index < -0.39 is 45.2 Å². The predicted molar refractivity (Wildman–Crippen MR) is 148 cm³/mol. The number of halogens is 13. The quantitative estimate of drug-likeness (QED) is 0.125. The van der Waals surface area contributed by atoms with Crippen molar-refractivity contribution in [3.05, 3.63) is 90.5 Å². The summed E-state index contributed by atoms with van der Waals surface area (Å²) >= 11 is 0. The summed E-state index contributed by atoms with van der Waals surface area (Å²) < 4.78 is 189. The minimum atomic E-state index is -8.29. The highest BCUT2D eigenvalue weighted by Gasteiger charge is 2.91. The molecule has 0 spiro atoms. The van der Waals surface area contributed by atoms with E-state index in [2.05, 4.69) is 84.9 Å². The second kappa shape index (κ2) is 14.1. The van der Waals surface area contributed by atoms with E-state index in [9.17, 15) is 70.0 Å². The standard InChI is InChI=1S/C24H25S.C6HF13O3S/c1-4-10-20(11-5-1)21-16-18-24(19-17-21)25(22-12-6-2-7-13-22)23-14-8-3-9-15-23;7-1(8,3(11,12)5(15,16)17)2(9,10)4(13,14)6(18,19)23(20,21)22/h2-3,6-9,12-20H,1,4-5,10-11H2;(H,20,21,22)/q+1;/p-1. The maximum absolute atomic E-state index is 12.7. The predicted octanol–water partition coefficient (Wildman–Crippen LogP) is 10.1. The molecule has 0 aromatic heterocycles. The first kappa shape index (κ1) is 39.4. The van der Waals surface area contributed by atoms with Crippen LogP contribution in [0.4, 0.5) is 57.1 Å². The van der Waals surface area contributed by atoms with Crippen LogP contribution < -0.4 is 0 Å². The monoisotopic (exact) mass is 744 g/mol. The van der Waals surface area contributed by atoms with Gasteiger partial charge in [0.2, 0.25) is 0 Å². The molecule has 1 saturated carbocycles. The highest BCUT2D eigenvalue weighted by molar-refractivity contribution is 7.97. The first-order valence-electron chi connectivity index (χ1n) is 13.8. The molecular weight excluding hydrogens is 719 g/mol. The lowest BCUT2D eigenvalue weighted by Crippen LogP contribution is -2.71. The van der Waals surface area contributed by atoms with Crippen LogP contribution in [0.1, 0.15) is 43.6 Å². The van der Waals surface area contributed by atoms with E-state index in [4.69, 9.17) is 0 Å². The van der Waals surface area contributed by atoms with Gasteiger partial charge in [0.1, 0.15) is 0 Å². The Hall–Kier alpha value is -2.99. The first-order chi connectivity index (χ1) is 21.9. The van der Waals surface area contributed by atoms with Crippen molar-refractivity contribution in [3.63, 3.8) is 0 Å². The lowest BCUT2D eigenvalue weighted by molar-refractivity contribution is -0.433. The third kappa shape index (κ3) is 7.44. The molecular formula is C30H25F13O3S2. The zero-order valence-electron chi connectivity index (χ0n) is 24.2. The number of hydrogen-bond acceptors (Lipinski definition) is 3. The summed E-state index contributed by atoms with van der Waals surface area (Å²) in [6.45, 7) is 0. The highest BCUT2D eigenvalue weighted by atomic mass is 32.2. The molecule has 1 aliphatic carbocycles. The Bertz CT molecular complexity index is 1550. The summed E-state index contributed by atoms with van der Waals surface area (Å²) in [4.78, 5) is 4.19. The van der Waals surface area contributed by atoms with Crippen LogP contribution in [-0.2, 0) is 21.0 Å². The number of benzene rings is 3. The molecule has 48 heavy (non-hydrogen) atoms. The lowest BCUT2D eigenvalue weighted by Gasteiger charge is -2.39. The van der Waals surface area contributed by atoms with Crippen molar-refractivity contribution in [1.82, 2.24) is 0 Å². The first-order valence-corrected chi connectivity index (χ1v) is 16.4. The second-order valence-electron chi connectivity index (χ2n) is 10.6. The van der Waals surface area contributed by atoms with Gasteiger partial charge in [0.05, 0.1) is 10.9 Å². The molecule has 3 aromatic rings. The Morgan fingerprint density at radius 2 is 0.896 bits per heavy atom. The van der Waals surface area contributed by atoms with Crippen molar-refractivity contribution in [3.8, 4) is 0 Å². The van der Waals surface area contributed by atoms with Crippen LogP contribution in [-0.4, -0.2) is 48.1 Å². The van der Waals surface area contributed by atoms with Crippen LogP contribution in [0.5, 0.6) is 0 Å². The lowest BCUT2D eigenvalue weighted by atomic mass is 9.84. The molecule has 0 heterocycles. The Kier molecular flexibility index (Phi) is 11.6. The molecule has 1 fully saturated rings. The van der Waals surface area contributed by atoms with Crippen molar-refractivity contribution in [1.29, 1.82) is 0 Å². The zero-order chi connectivity index (χ0) is 36.4. The summed E-state index contributed by atoms with van der Waals surface area (Å²) in [5.74, 6) is -31.8. The zero-order valence-corrected chi connectivity index (χ0v) is 25.8. The minimum absolute atomic E-state index is 0.0278. The summed E-state index contributed by atoms with van der Waals surface area (Å²) in [6.07, 6.45) is -0.678. The fourth-order valence-corrected chi connectivity index (χ4v) is 7.27. The molecule has 0 unspecified atom stereocenters. The molecule has 4 rings (SSSR count). The Labute approximate surface area is 269 Å². The van der Waals surface area contributed by atoms with Crippen molar-refractivity contribution < 1.29 is 70.0 Å². The normalized spacial score (nSPS) is 16.0. The van der Waals surface area contributed by atoms with Crippen molar-refractivity contribution >= 4 is 21.0 Å². The molecule has 1 aliphatic rings. The largest absolute Gasteiger partial charge is 0.743 e. The van der Waals surface area contributed by atoms with Gasteiger partial charge in [0.25, 0.3) is 0 Å². The molecule has 3 aromatic carbocycles. The second-order valence-corrected chi connectivity index (χ2v) is 14.1. The molecule has 18 heteroatoms. The third-order valence-electron chi connectivity index (χ3n) is 7.37. The van der Waals surface area contributed by atoms with Crippen LogP contribution in [0.15, 0.2) is 99.6 Å². The average Bonchev–Trinajstić information content (AvgIpc) is 3.02. The van der Waals surface area contributed by atoms with Gasteiger partial charge in [-0.05, 0) is 60.7 Å². The van der Waals surface area contributed by atoms with Gasteiger partial charge in [-0.15, -0.1) is 0 Å². The molecule has 0 aliphatic heterocycles. The Morgan fingerprint density at radius 1 is 0.521 bits per heavy atom. The van der Waals surface area contributed by atoms with E-state index in [1.54, 1.807) is 0 Å². The summed E-state index contributed by atoms with van der Waals surface area (Å²) in [6, 6.07) is 31.3. The maximum atomic E-state index is 12.7. The van der Waals surface area contributed by atoms with Gasteiger partial charge in [-0.1, -0.05) is 67.8 Å². The maximum Gasteiger partial charge on any atom is 0.460 e. The molecule has 0 N–H and O–H groups in total. The Morgan fingerprint density at radius 3 is 1.27 bits per heavy atom. The number of alkyl halides is 13. The minimum Gasteiger partial charge on any atom is -0.743 e. The van der Waals surface area contributed by atoms with Crippen molar-refractivity contribution in [2.24, 2.45) is 0 Å². The average molecular weight is 745 g/mol. The molecule has 266 valence electrons. The summed E-state index contributed by atoms with van der Waals surface area (Å²) in [7, 11) is -7.89. The summed E-state index contributed by atoms with van der Waals surface area (Å²) in [5.41, 5.74) is 1.54. The molecule has 0 amide bonds. The fourth-order valence-electron chi connectivity index (χ4n) is 4.75. The van der Waals surface area contributed by atoms with Crippen LogP contribution >= 0.6 is 0 Å². The topological polar surface area (TPSA) is 57.2 Å². The van der Waals surface area contributed by atoms with E-state index in [1.807, 2.05) is 0 Å². The van der Waals surface area contributed by atoms with Crippen molar-refractivity contribution in [2.75, 3.05) is 0 Å². The van der Waals surface area contributed by atoms with Crippen LogP contribution in [0, 0.1) is 0 Å². The van der Waals surface area contributed by atoms with E-state index in [1.165, 1.54) is 52.4 Å². The molecule has 0 bridgehead atoms. The Balaban J connectivity index is 0.000000262. The SMILES string of the molecule is O=S(=O)([O-])C(F)(F)C(F)(F)C(F)(F)C(F)(F)C(F)(F)C(F)(F)F.c1ccc([S+](c2ccccc2)c2ccc(C3CCCCC3)cc2)cc1. The molecule has 0 saturated heterocycles. The smallest absolute Gasteiger partial charge is 0.460 e. The van der Waals surface area contributed by atoms with Crippen LogP contribution in [0.25, 0.3) is 0 Å². The van der Waals surface area contributed by atoms with Gasteiger partial charge in [-0.3, -0.25) is 0 Å². The number of hydrogen-bond donors (Lipinski definition) is 0. The van der Waals surface area contributed by atoms with E-state index >= 15 is 0 Å². The highest BCUT2D eigenvalue weighted by Crippen LogP contribution is 2.60. The molecule has 0 atom stereocenters.